The average molecular weight is 377 g/mol. The van der Waals surface area contributed by atoms with Crippen LogP contribution in [0.25, 0.3) is 0 Å². The first-order chi connectivity index (χ1) is 12.7. The number of benzene rings is 1. The number of hydroxylamine groups is 2. The lowest BCUT2D eigenvalue weighted by Crippen LogP contribution is -2.55. The Morgan fingerprint density at radius 2 is 1.70 bits per heavy atom. The predicted octanol–water partition coefficient (Wildman–Crippen LogP) is 2.60. The van der Waals surface area contributed by atoms with Crippen LogP contribution in [-0.2, 0) is 23.9 Å². The van der Waals surface area contributed by atoms with Crippen LogP contribution in [-0.4, -0.2) is 48.8 Å². The normalized spacial score (nSPS) is 21.6. The van der Waals surface area contributed by atoms with Crippen LogP contribution in [0.15, 0.2) is 30.3 Å². The molecule has 0 aliphatic carbocycles. The van der Waals surface area contributed by atoms with Gasteiger partial charge in [0.1, 0.15) is 0 Å². The molecule has 1 aliphatic rings. The molecule has 7 nitrogen and oxygen atoms in total. The summed E-state index contributed by atoms with van der Waals surface area (Å²) in [6.45, 7) is 5.79. The molecule has 1 amide bonds. The van der Waals surface area contributed by atoms with Crippen molar-refractivity contribution in [1.82, 2.24) is 5.06 Å². The zero-order chi connectivity index (χ0) is 20.2. The van der Waals surface area contributed by atoms with Crippen molar-refractivity contribution < 1.29 is 28.7 Å². The SMILES string of the molecule is COC(=O)C(CC1[C@H](C)CC(C)(C)ON1C(=O)c1ccccc1)C(=O)OC. The van der Waals surface area contributed by atoms with Crippen LogP contribution in [0.4, 0.5) is 0 Å². The van der Waals surface area contributed by atoms with Crippen molar-refractivity contribution in [2.24, 2.45) is 11.8 Å². The first-order valence-corrected chi connectivity index (χ1v) is 8.93. The molecule has 2 atom stereocenters. The predicted molar refractivity (Wildman–Crippen MR) is 97.5 cm³/mol. The van der Waals surface area contributed by atoms with Crippen LogP contribution in [0, 0.1) is 11.8 Å². The molecule has 0 N–H and O–H groups in total. The summed E-state index contributed by atoms with van der Waals surface area (Å²) in [7, 11) is 2.43. The standard InChI is InChI=1S/C20H27NO6/c1-13-12-20(2,3)27-21(17(22)14-9-7-6-8-10-14)16(13)11-15(18(23)25-4)19(24)26-5/h6-10,13,15-16H,11-12H2,1-5H3/t13-,16?/m1/s1. The van der Waals surface area contributed by atoms with Gasteiger partial charge in [0.05, 0.1) is 25.9 Å². The summed E-state index contributed by atoms with van der Waals surface area (Å²) in [5, 5.41) is 1.31. The summed E-state index contributed by atoms with van der Waals surface area (Å²) < 4.78 is 9.50. The van der Waals surface area contributed by atoms with E-state index < -0.39 is 29.5 Å². The van der Waals surface area contributed by atoms with Gasteiger partial charge in [-0.15, -0.1) is 0 Å². The van der Waals surface area contributed by atoms with Gasteiger partial charge < -0.3 is 9.47 Å². The van der Waals surface area contributed by atoms with Crippen molar-refractivity contribution in [3.8, 4) is 0 Å². The number of carbonyl (C=O) groups is 3. The number of hydrogen-bond donors (Lipinski definition) is 0. The van der Waals surface area contributed by atoms with Gasteiger partial charge in [-0.3, -0.25) is 19.2 Å². The average Bonchev–Trinajstić information content (AvgIpc) is 2.65. The fourth-order valence-corrected chi connectivity index (χ4v) is 3.56. The summed E-state index contributed by atoms with van der Waals surface area (Å²) in [5.74, 6) is -2.81. The Labute approximate surface area is 159 Å². The summed E-state index contributed by atoms with van der Waals surface area (Å²) in [6.07, 6.45) is 0.737. The molecule has 2 rings (SSSR count). The third-order valence-electron chi connectivity index (χ3n) is 4.79. The van der Waals surface area contributed by atoms with Gasteiger partial charge in [-0.05, 0) is 44.7 Å². The zero-order valence-corrected chi connectivity index (χ0v) is 16.4. The fourth-order valence-electron chi connectivity index (χ4n) is 3.56. The Bertz CT molecular complexity index is 671. The third kappa shape index (κ3) is 4.86. The quantitative estimate of drug-likeness (QED) is 0.579. The maximum Gasteiger partial charge on any atom is 0.320 e. The van der Waals surface area contributed by atoms with Gasteiger partial charge in [0.2, 0.25) is 0 Å². The van der Waals surface area contributed by atoms with Crippen LogP contribution < -0.4 is 0 Å². The van der Waals surface area contributed by atoms with Crippen molar-refractivity contribution in [2.45, 2.75) is 45.3 Å². The number of methoxy groups -OCH3 is 2. The van der Waals surface area contributed by atoms with Gasteiger partial charge in [0.25, 0.3) is 5.91 Å². The summed E-state index contributed by atoms with van der Waals surface area (Å²) >= 11 is 0. The van der Waals surface area contributed by atoms with Gasteiger partial charge in [-0.25, -0.2) is 5.06 Å². The minimum atomic E-state index is -1.12. The van der Waals surface area contributed by atoms with Crippen LogP contribution >= 0.6 is 0 Å². The third-order valence-corrected chi connectivity index (χ3v) is 4.79. The Hall–Kier alpha value is -2.41. The molecule has 0 bridgehead atoms. The topological polar surface area (TPSA) is 82.1 Å². The maximum atomic E-state index is 13.1. The fraction of sp³-hybridized carbons (Fsp3) is 0.550. The minimum absolute atomic E-state index is 0.00164. The van der Waals surface area contributed by atoms with E-state index in [1.807, 2.05) is 26.8 Å². The number of hydrogen-bond acceptors (Lipinski definition) is 6. The summed E-state index contributed by atoms with van der Waals surface area (Å²) in [5.41, 5.74) is -0.0769. The molecule has 1 fully saturated rings. The smallest absolute Gasteiger partial charge is 0.320 e. The van der Waals surface area contributed by atoms with Gasteiger partial charge >= 0.3 is 11.9 Å². The lowest BCUT2D eigenvalue weighted by atomic mass is 9.82. The van der Waals surface area contributed by atoms with E-state index in [0.29, 0.717) is 12.0 Å². The van der Waals surface area contributed by atoms with E-state index in [1.54, 1.807) is 24.3 Å². The van der Waals surface area contributed by atoms with E-state index in [1.165, 1.54) is 19.3 Å². The Balaban J connectivity index is 2.35. The number of carbonyl (C=O) groups excluding carboxylic acids is 3. The Morgan fingerprint density at radius 3 is 2.22 bits per heavy atom. The van der Waals surface area contributed by atoms with Crippen LogP contribution in [0.5, 0.6) is 0 Å². The number of ether oxygens (including phenoxy) is 2. The second kappa shape index (κ2) is 8.52. The lowest BCUT2D eigenvalue weighted by Gasteiger charge is -2.46. The first kappa shape index (κ1) is 20.9. The van der Waals surface area contributed by atoms with Crippen molar-refractivity contribution >= 4 is 17.8 Å². The molecule has 0 radical (unpaired) electrons. The first-order valence-electron chi connectivity index (χ1n) is 8.93. The lowest BCUT2D eigenvalue weighted by molar-refractivity contribution is -0.267. The molecule has 7 heteroatoms. The Kier molecular flexibility index (Phi) is 6.59. The second-order valence-electron chi connectivity index (χ2n) is 7.43. The number of nitrogens with zero attached hydrogens (tertiary/aromatic N) is 1. The van der Waals surface area contributed by atoms with Gasteiger partial charge in [0.15, 0.2) is 5.92 Å². The summed E-state index contributed by atoms with van der Waals surface area (Å²) in [6, 6.07) is 8.29. The van der Waals surface area contributed by atoms with Crippen molar-refractivity contribution in [1.29, 1.82) is 0 Å². The number of amides is 1. The highest BCUT2D eigenvalue weighted by Gasteiger charge is 2.45. The van der Waals surface area contributed by atoms with Crippen molar-refractivity contribution in [2.75, 3.05) is 14.2 Å². The molecule has 0 spiro atoms. The second-order valence-corrected chi connectivity index (χ2v) is 7.43. The summed E-state index contributed by atoms with van der Waals surface area (Å²) in [4.78, 5) is 43.3. The molecule has 27 heavy (non-hydrogen) atoms. The maximum absolute atomic E-state index is 13.1. The molecular formula is C20H27NO6. The van der Waals surface area contributed by atoms with Gasteiger partial charge in [-0.1, -0.05) is 25.1 Å². The number of rotatable bonds is 5. The molecule has 1 aromatic rings. The van der Waals surface area contributed by atoms with Gasteiger partial charge in [-0.2, -0.15) is 0 Å². The molecule has 1 unspecified atom stereocenters. The Morgan fingerprint density at radius 1 is 1.15 bits per heavy atom. The highest BCUT2D eigenvalue weighted by atomic mass is 16.7. The highest BCUT2D eigenvalue weighted by Crippen LogP contribution is 2.36. The molecule has 0 aromatic heterocycles. The van der Waals surface area contributed by atoms with Gasteiger partial charge in [0, 0.05) is 5.56 Å². The van der Waals surface area contributed by atoms with E-state index >= 15 is 0 Å². The van der Waals surface area contributed by atoms with E-state index in [2.05, 4.69) is 0 Å². The highest BCUT2D eigenvalue weighted by molar-refractivity contribution is 5.95. The van der Waals surface area contributed by atoms with E-state index in [4.69, 9.17) is 14.3 Å². The largest absolute Gasteiger partial charge is 0.468 e. The van der Waals surface area contributed by atoms with E-state index in [9.17, 15) is 14.4 Å². The molecule has 1 heterocycles. The molecule has 1 saturated heterocycles. The van der Waals surface area contributed by atoms with Crippen LogP contribution in [0.3, 0.4) is 0 Å². The monoisotopic (exact) mass is 377 g/mol. The van der Waals surface area contributed by atoms with E-state index in [-0.39, 0.29) is 18.2 Å². The molecule has 0 saturated carbocycles. The van der Waals surface area contributed by atoms with Crippen molar-refractivity contribution in [3.63, 3.8) is 0 Å². The van der Waals surface area contributed by atoms with Crippen LogP contribution in [0.2, 0.25) is 0 Å². The molecule has 1 aromatic carbocycles. The minimum Gasteiger partial charge on any atom is -0.468 e. The molecule has 1 aliphatic heterocycles. The van der Waals surface area contributed by atoms with E-state index in [0.717, 1.165) is 0 Å². The van der Waals surface area contributed by atoms with Crippen molar-refractivity contribution in [3.05, 3.63) is 35.9 Å². The number of esters is 2. The molecular weight excluding hydrogens is 350 g/mol. The molecule has 148 valence electrons. The zero-order valence-electron chi connectivity index (χ0n) is 16.4. The van der Waals surface area contributed by atoms with Crippen LogP contribution in [0.1, 0.15) is 44.0 Å².